The van der Waals surface area contributed by atoms with Gasteiger partial charge in [-0.25, -0.2) is 0 Å². The number of hydrogen-bond acceptors (Lipinski definition) is 5. The summed E-state index contributed by atoms with van der Waals surface area (Å²) >= 11 is 0. The molecule has 0 amide bonds. The van der Waals surface area contributed by atoms with E-state index in [1.807, 2.05) is 36.4 Å². The van der Waals surface area contributed by atoms with Gasteiger partial charge in [-0.3, -0.25) is 0 Å². The summed E-state index contributed by atoms with van der Waals surface area (Å²) in [7, 11) is 0. The van der Waals surface area contributed by atoms with Gasteiger partial charge in [-0.15, -0.1) is 0 Å². The molecule has 0 unspecified atom stereocenters. The molecule has 3 aromatic rings. The maximum Gasteiger partial charge on any atom is 0.213 e. The summed E-state index contributed by atoms with van der Waals surface area (Å²) in [6.45, 7) is 1.91. The molecule has 3 rings (SSSR count). The van der Waals surface area contributed by atoms with E-state index in [1.165, 1.54) is 6.39 Å². The Balaban J connectivity index is 2.03. The Morgan fingerprint density at radius 3 is 2.85 bits per heavy atom. The van der Waals surface area contributed by atoms with Gasteiger partial charge in [0.25, 0.3) is 0 Å². The Morgan fingerprint density at radius 1 is 1.25 bits per heavy atom. The Morgan fingerprint density at radius 2 is 2.10 bits per heavy atom. The molecule has 0 aliphatic heterocycles. The molecule has 0 radical (unpaired) electrons. The molecule has 1 aromatic heterocycles. The number of benzene rings is 2. The van der Waals surface area contributed by atoms with E-state index in [-0.39, 0.29) is 6.61 Å². The highest BCUT2D eigenvalue weighted by atomic mass is 16.5. The lowest BCUT2D eigenvalue weighted by atomic mass is 10.0. The highest BCUT2D eigenvalue weighted by Crippen LogP contribution is 2.33. The SMILES string of the molecule is C[C@H](O)c1ccc2ccccc2c1OCc1ncon1. The van der Waals surface area contributed by atoms with Crippen LogP contribution in [0.1, 0.15) is 24.4 Å². The maximum atomic E-state index is 9.89. The molecule has 0 spiro atoms. The molecule has 0 saturated heterocycles. The fourth-order valence-corrected chi connectivity index (χ4v) is 2.14. The molecule has 0 aliphatic rings. The van der Waals surface area contributed by atoms with Crippen LogP contribution in [0.2, 0.25) is 0 Å². The first-order valence-electron chi connectivity index (χ1n) is 6.33. The zero-order valence-corrected chi connectivity index (χ0v) is 11.0. The van der Waals surface area contributed by atoms with Gasteiger partial charge in [-0.05, 0) is 12.3 Å². The van der Waals surface area contributed by atoms with Gasteiger partial charge in [-0.2, -0.15) is 4.98 Å². The van der Waals surface area contributed by atoms with Crippen molar-refractivity contribution in [3.8, 4) is 5.75 Å². The Kier molecular flexibility index (Phi) is 3.35. The van der Waals surface area contributed by atoms with Gasteiger partial charge in [0.15, 0.2) is 6.61 Å². The van der Waals surface area contributed by atoms with Crippen LogP contribution >= 0.6 is 0 Å². The van der Waals surface area contributed by atoms with Crippen molar-refractivity contribution in [2.75, 3.05) is 0 Å². The van der Waals surface area contributed by atoms with Crippen LogP contribution in [0, 0.1) is 0 Å². The minimum Gasteiger partial charge on any atom is -0.484 e. The lowest BCUT2D eigenvalue weighted by molar-refractivity contribution is 0.190. The molecular formula is C15H14N2O3. The van der Waals surface area contributed by atoms with Gasteiger partial charge in [0.05, 0.1) is 6.10 Å². The number of nitrogens with zero attached hydrogens (tertiary/aromatic N) is 2. The first-order chi connectivity index (χ1) is 9.75. The Labute approximate surface area is 115 Å². The smallest absolute Gasteiger partial charge is 0.213 e. The van der Waals surface area contributed by atoms with E-state index >= 15 is 0 Å². The second kappa shape index (κ2) is 5.30. The fraction of sp³-hybridized carbons (Fsp3) is 0.200. The van der Waals surface area contributed by atoms with E-state index in [4.69, 9.17) is 4.74 Å². The zero-order chi connectivity index (χ0) is 13.9. The average molecular weight is 270 g/mol. The van der Waals surface area contributed by atoms with Crippen LogP contribution in [0.25, 0.3) is 10.8 Å². The van der Waals surface area contributed by atoms with E-state index in [2.05, 4.69) is 14.7 Å². The molecule has 0 bridgehead atoms. The number of aliphatic hydroxyl groups excluding tert-OH is 1. The number of fused-ring (bicyclic) bond motifs is 1. The number of ether oxygens (including phenoxy) is 1. The highest BCUT2D eigenvalue weighted by molar-refractivity contribution is 5.89. The van der Waals surface area contributed by atoms with Crippen molar-refractivity contribution in [2.45, 2.75) is 19.6 Å². The first-order valence-corrected chi connectivity index (χ1v) is 6.33. The van der Waals surface area contributed by atoms with Gasteiger partial charge in [0, 0.05) is 10.9 Å². The van der Waals surface area contributed by atoms with Crippen LogP contribution in [-0.4, -0.2) is 15.2 Å². The predicted molar refractivity (Wildman–Crippen MR) is 73.2 cm³/mol. The van der Waals surface area contributed by atoms with E-state index < -0.39 is 6.10 Å². The summed E-state index contributed by atoms with van der Waals surface area (Å²) in [6.07, 6.45) is 0.650. The Bertz CT molecular complexity index is 708. The minimum absolute atomic E-state index is 0.199. The van der Waals surface area contributed by atoms with Gasteiger partial charge in [0.2, 0.25) is 12.2 Å². The Hall–Kier alpha value is -2.40. The van der Waals surface area contributed by atoms with Gasteiger partial charge in [-0.1, -0.05) is 41.6 Å². The van der Waals surface area contributed by atoms with E-state index in [0.29, 0.717) is 11.6 Å². The molecule has 20 heavy (non-hydrogen) atoms. The van der Waals surface area contributed by atoms with Crippen molar-refractivity contribution >= 4 is 10.8 Å². The van der Waals surface area contributed by atoms with Crippen molar-refractivity contribution in [3.05, 3.63) is 54.2 Å². The first kappa shape index (κ1) is 12.6. The van der Waals surface area contributed by atoms with Crippen LogP contribution in [0.3, 0.4) is 0 Å². The van der Waals surface area contributed by atoms with E-state index in [0.717, 1.165) is 16.3 Å². The summed E-state index contributed by atoms with van der Waals surface area (Å²) in [6, 6.07) is 11.7. The fourth-order valence-electron chi connectivity index (χ4n) is 2.14. The highest BCUT2D eigenvalue weighted by Gasteiger charge is 2.13. The molecule has 1 atom stereocenters. The molecule has 1 heterocycles. The quantitative estimate of drug-likeness (QED) is 0.789. The maximum absolute atomic E-state index is 9.89. The molecule has 5 heteroatoms. The molecule has 102 valence electrons. The number of rotatable bonds is 4. The monoisotopic (exact) mass is 270 g/mol. The van der Waals surface area contributed by atoms with E-state index in [9.17, 15) is 5.11 Å². The van der Waals surface area contributed by atoms with Gasteiger partial charge >= 0.3 is 0 Å². The third-order valence-corrected chi connectivity index (χ3v) is 3.11. The minimum atomic E-state index is -0.611. The van der Waals surface area contributed by atoms with Crippen LogP contribution < -0.4 is 4.74 Å². The lowest BCUT2D eigenvalue weighted by Gasteiger charge is -2.15. The molecule has 0 aliphatic carbocycles. The van der Waals surface area contributed by atoms with Crippen molar-refractivity contribution < 1.29 is 14.4 Å². The summed E-state index contributed by atoms with van der Waals surface area (Å²) in [5.74, 6) is 1.12. The third-order valence-electron chi connectivity index (χ3n) is 3.11. The van der Waals surface area contributed by atoms with Crippen molar-refractivity contribution in [1.29, 1.82) is 0 Å². The predicted octanol–water partition coefficient (Wildman–Crippen LogP) is 2.86. The second-order valence-corrected chi connectivity index (χ2v) is 4.52. The summed E-state index contributed by atoms with van der Waals surface area (Å²) in [5.41, 5.74) is 0.743. The molecule has 0 saturated carbocycles. The second-order valence-electron chi connectivity index (χ2n) is 4.52. The molecular weight excluding hydrogens is 256 g/mol. The summed E-state index contributed by atoms with van der Waals surface area (Å²) in [4.78, 5) is 3.92. The third kappa shape index (κ3) is 2.35. The van der Waals surface area contributed by atoms with Crippen LogP contribution in [-0.2, 0) is 6.61 Å². The zero-order valence-electron chi connectivity index (χ0n) is 11.0. The topological polar surface area (TPSA) is 68.4 Å². The number of aromatic nitrogens is 2. The largest absolute Gasteiger partial charge is 0.484 e. The standard InChI is InChI=1S/C15H14N2O3/c1-10(18)12-7-6-11-4-2-3-5-13(11)15(12)19-8-14-16-9-20-17-14/h2-7,9-10,18H,8H2,1H3/t10-/m0/s1. The van der Waals surface area contributed by atoms with E-state index in [1.54, 1.807) is 6.92 Å². The molecule has 1 N–H and O–H groups in total. The lowest BCUT2D eigenvalue weighted by Crippen LogP contribution is -2.03. The van der Waals surface area contributed by atoms with Gasteiger partial charge in [0.1, 0.15) is 5.75 Å². The van der Waals surface area contributed by atoms with Crippen molar-refractivity contribution in [2.24, 2.45) is 0 Å². The van der Waals surface area contributed by atoms with Crippen LogP contribution in [0.5, 0.6) is 5.75 Å². The average Bonchev–Trinajstić information content (AvgIpc) is 2.97. The summed E-state index contributed by atoms with van der Waals surface area (Å²) < 4.78 is 10.5. The number of aliphatic hydroxyl groups is 1. The molecule has 5 nitrogen and oxygen atoms in total. The summed E-state index contributed by atoms with van der Waals surface area (Å²) in [5, 5.41) is 15.6. The molecule has 0 fully saturated rings. The van der Waals surface area contributed by atoms with Crippen LogP contribution in [0.4, 0.5) is 0 Å². The van der Waals surface area contributed by atoms with Crippen molar-refractivity contribution in [3.63, 3.8) is 0 Å². The normalized spacial score (nSPS) is 12.5. The van der Waals surface area contributed by atoms with Crippen LogP contribution in [0.15, 0.2) is 47.3 Å². The number of hydrogen-bond donors (Lipinski definition) is 1. The molecule has 2 aromatic carbocycles. The van der Waals surface area contributed by atoms with Gasteiger partial charge < -0.3 is 14.4 Å². The van der Waals surface area contributed by atoms with Crippen molar-refractivity contribution in [1.82, 2.24) is 10.1 Å².